The average molecular weight is 395 g/mol. The van der Waals surface area contributed by atoms with E-state index in [-0.39, 0.29) is 37.7 Å². The molecule has 0 heterocycles. The molecular formula is C12H10BiO2. The van der Waals surface area contributed by atoms with Crippen molar-refractivity contribution in [1.29, 1.82) is 0 Å². The molecule has 3 radical (unpaired) electrons. The maximum Gasteiger partial charge on any atom is 0.115 e. The molecule has 2 aromatic carbocycles. The molecule has 0 aromatic heterocycles. The molecule has 0 spiro atoms. The van der Waals surface area contributed by atoms with Gasteiger partial charge in [-0.3, -0.25) is 0 Å². The Labute approximate surface area is 107 Å². The van der Waals surface area contributed by atoms with Crippen LogP contribution in [0.4, 0.5) is 0 Å². The van der Waals surface area contributed by atoms with Crippen LogP contribution in [-0.4, -0.2) is 36.4 Å². The summed E-state index contributed by atoms with van der Waals surface area (Å²) in [6.45, 7) is 0. The fourth-order valence-electron chi connectivity index (χ4n) is 1.31. The number of hydrogen-bond donors (Lipinski definition) is 2. The van der Waals surface area contributed by atoms with Crippen LogP contribution in [-0.2, 0) is 0 Å². The van der Waals surface area contributed by atoms with Gasteiger partial charge >= 0.3 is 0 Å². The van der Waals surface area contributed by atoms with Gasteiger partial charge in [-0.05, 0) is 35.4 Å². The predicted molar refractivity (Wildman–Crippen MR) is 61.0 cm³/mol. The van der Waals surface area contributed by atoms with Gasteiger partial charge in [-0.25, -0.2) is 0 Å². The summed E-state index contributed by atoms with van der Waals surface area (Å²) < 4.78 is 0. The normalized spacial score (nSPS) is 9.33. The van der Waals surface area contributed by atoms with Crippen molar-refractivity contribution < 1.29 is 10.2 Å². The zero-order chi connectivity index (χ0) is 9.97. The first-order valence-electron chi connectivity index (χ1n) is 4.34. The minimum Gasteiger partial charge on any atom is -0.508 e. The number of hydrogen-bond acceptors (Lipinski definition) is 2. The van der Waals surface area contributed by atoms with Gasteiger partial charge in [-0.2, -0.15) is 0 Å². The van der Waals surface area contributed by atoms with Crippen molar-refractivity contribution in [2.24, 2.45) is 0 Å². The molecule has 75 valence electrons. The fourth-order valence-corrected chi connectivity index (χ4v) is 1.31. The Kier molecular flexibility index (Phi) is 4.10. The quantitative estimate of drug-likeness (QED) is 0.729. The van der Waals surface area contributed by atoms with Gasteiger partial charge in [0.1, 0.15) is 11.5 Å². The first-order valence-corrected chi connectivity index (χ1v) is 4.34. The van der Waals surface area contributed by atoms with E-state index in [0.717, 1.165) is 11.1 Å². The molecule has 2 N–H and O–H groups in total. The Morgan fingerprint density at radius 2 is 0.800 bits per heavy atom. The van der Waals surface area contributed by atoms with E-state index >= 15 is 0 Å². The molecule has 0 saturated carbocycles. The predicted octanol–water partition coefficient (Wildman–Crippen LogP) is 2.38. The Morgan fingerprint density at radius 3 is 1.07 bits per heavy atom. The minimum absolute atomic E-state index is 0. The van der Waals surface area contributed by atoms with Crippen molar-refractivity contribution in [3.05, 3.63) is 48.5 Å². The van der Waals surface area contributed by atoms with Crippen LogP contribution in [0.15, 0.2) is 48.5 Å². The average Bonchev–Trinajstić information content (AvgIpc) is 2.21. The van der Waals surface area contributed by atoms with E-state index < -0.39 is 0 Å². The Balaban J connectivity index is 0.00000112. The molecule has 3 heteroatoms. The first-order chi connectivity index (χ1) is 6.75. The van der Waals surface area contributed by atoms with Crippen LogP contribution in [0.2, 0.25) is 0 Å². The molecule has 0 unspecified atom stereocenters. The number of benzene rings is 2. The molecule has 0 bridgehead atoms. The van der Waals surface area contributed by atoms with Crippen molar-refractivity contribution in [3.63, 3.8) is 0 Å². The second-order valence-corrected chi connectivity index (χ2v) is 3.09. The summed E-state index contributed by atoms with van der Waals surface area (Å²) in [6, 6.07) is 13.9. The molecule has 2 nitrogen and oxygen atoms in total. The van der Waals surface area contributed by atoms with E-state index in [2.05, 4.69) is 0 Å². The largest absolute Gasteiger partial charge is 0.508 e. The van der Waals surface area contributed by atoms with E-state index in [1.807, 2.05) is 24.3 Å². The van der Waals surface area contributed by atoms with Gasteiger partial charge < -0.3 is 10.2 Å². The van der Waals surface area contributed by atoms with Crippen LogP contribution in [0.3, 0.4) is 0 Å². The fraction of sp³-hybridized carbons (Fsp3) is 0. The third-order valence-electron chi connectivity index (χ3n) is 2.07. The van der Waals surface area contributed by atoms with E-state index in [0.29, 0.717) is 0 Å². The third-order valence-corrected chi connectivity index (χ3v) is 2.07. The molecule has 15 heavy (non-hydrogen) atoms. The first kappa shape index (κ1) is 12.0. The van der Waals surface area contributed by atoms with Gasteiger partial charge in [0.15, 0.2) is 0 Å². The van der Waals surface area contributed by atoms with E-state index in [9.17, 15) is 0 Å². The van der Waals surface area contributed by atoms with Crippen LogP contribution >= 0.6 is 0 Å². The maximum absolute atomic E-state index is 9.11. The zero-order valence-corrected chi connectivity index (χ0v) is 11.4. The second kappa shape index (κ2) is 5.13. The van der Waals surface area contributed by atoms with Crippen LogP contribution in [0.1, 0.15) is 0 Å². The molecule has 2 aromatic rings. The molecule has 0 aliphatic carbocycles. The smallest absolute Gasteiger partial charge is 0.115 e. The van der Waals surface area contributed by atoms with Crippen molar-refractivity contribution >= 4 is 26.2 Å². The molecule has 0 aliphatic heterocycles. The van der Waals surface area contributed by atoms with Gasteiger partial charge in [0.2, 0.25) is 0 Å². The Bertz CT molecular complexity index is 377. The van der Waals surface area contributed by atoms with Crippen molar-refractivity contribution in [1.82, 2.24) is 0 Å². The molecule has 0 saturated heterocycles. The van der Waals surface area contributed by atoms with E-state index in [4.69, 9.17) is 10.2 Å². The van der Waals surface area contributed by atoms with Crippen molar-refractivity contribution in [3.8, 4) is 22.6 Å². The molecule has 2 rings (SSSR count). The zero-order valence-electron chi connectivity index (χ0n) is 7.96. The third kappa shape index (κ3) is 2.93. The molecule has 0 aliphatic rings. The molecule has 0 atom stereocenters. The van der Waals surface area contributed by atoms with Gasteiger partial charge in [0, 0.05) is 26.2 Å². The van der Waals surface area contributed by atoms with Gasteiger partial charge in [-0.15, -0.1) is 0 Å². The Morgan fingerprint density at radius 1 is 0.533 bits per heavy atom. The molecule has 0 amide bonds. The monoisotopic (exact) mass is 395 g/mol. The van der Waals surface area contributed by atoms with Crippen molar-refractivity contribution in [2.45, 2.75) is 0 Å². The van der Waals surface area contributed by atoms with Gasteiger partial charge in [0.25, 0.3) is 0 Å². The van der Waals surface area contributed by atoms with E-state index in [1.54, 1.807) is 24.3 Å². The molecular weight excluding hydrogens is 385 g/mol. The number of aromatic hydroxyl groups is 2. The SMILES string of the molecule is Oc1ccc(-c2ccc(O)cc2)cc1.[Bi]. The summed E-state index contributed by atoms with van der Waals surface area (Å²) in [7, 11) is 0. The summed E-state index contributed by atoms with van der Waals surface area (Å²) in [5.41, 5.74) is 2.03. The standard InChI is InChI=1S/C12H10O2.Bi/c13-11-5-1-9(2-6-11)10-3-7-12(14)8-4-10;/h1-8,13-14H;. The number of phenols is 2. The number of phenolic OH excluding ortho intramolecular Hbond substituents is 2. The topological polar surface area (TPSA) is 40.5 Å². The van der Waals surface area contributed by atoms with Crippen LogP contribution < -0.4 is 0 Å². The summed E-state index contributed by atoms with van der Waals surface area (Å²) in [6.07, 6.45) is 0. The second-order valence-electron chi connectivity index (χ2n) is 3.09. The van der Waals surface area contributed by atoms with Crippen molar-refractivity contribution in [2.75, 3.05) is 0 Å². The maximum atomic E-state index is 9.11. The molecule has 0 fully saturated rings. The summed E-state index contributed by atoms with van der Waals surface area (Å²) >= 11 is 0. The van der Waals surface area contributed by atoms with Crippen LogP contribution in [0.5, 0.6) is 11.5 Å². The summed E-state index contributed by atoms with van der Waals surface area (Å²) in [4.78, 5) is 0. The van der Waals surface area contributed by atoms with Crippen LogP contribution in [0, 0.1) is 0 Å². The van der Waals surface area contributed by atoms with E-state index in [1.165, 1.54) is 0 Å². The van der Waals surface area contributed by atoms with Gasteiger partial charge in [-0.1, -0.05) is 24.3 Å². The number of rotatable bonds is 1. The summed E-state index contributed by atoms with van der Waals surface area (Å²) in [5, 5.41) is 18.2. The van der Waals surface area contributed by atoms with Crippen LogP contribution in [0.25, 0.3) is 11.1 Å². The Hall–Kier alpha value is -1.08. The minimum atomic E-state index is 0. The summed E-state index contributed by atoms with van der Waals surface area (Å²) in [5.74, 6) is 0.514. The van der Waals surface area contributed by atoms with Gasteiger partial charge in [0.05, 0.1) is 0 Å².